The van der Waals surface area contributed by atoms with Crippen molar-refractivity contribution in [2.75, 3.05) is 0 Å². The zero-order valence-corrected chi connectivity index (χ0v) is 13.6. The summed E-state index contributed by atoms with van der Waals surface area (Å²) in [6, 6.07) is 8.29. The Bertz CT molecular complexity index is 816. The minimum Gasteiger partial charge on any atom is -0.486 e. The molecule has 0 aliphatic carbocycles. The van der Waals surface area contributed by atoms with Gasteiger partial charge < -0.3 is 9.72 Å². The van der Waals surface area contributed by atoms with Gasteiger partial charge in [0, 0.05) is 6.20 Å². The van der Waals surface area contributed by atoms with E-state index in [-0.39, 0.29) is 5.60 Å². The Hall–Kier alpha value is -2.36. The average molecular weight is 307 g/mol. The van der Waals surface area contributed by atoms with E-state index in [4.69, 9.17) is 9.72 Å². The number of aromatic nitrogens is 3. The largest absolute Gasteiger partial charge is 0.486 e. The van der Waals surface area contributed by atoms with Gasteiger partial charge in [-0.05, 0) is 43.4 Å². The summed E-state index contributed by atoms with van der Waals surface area (Å²) in [5, 5.41) is 0. The quantitative estimate of drug-likeness (QED) is 0.774. The number of para-hydroxylation sites is 1. The minimum atomic E-state index is -0.0450. The topological polar surface area (TPSA) is 50.8 Å². The number of hydrogen-bond donors (Lipinski definition) is 1. The molecule has 3 heterocycles. The predicted octanol–water partition coefficient (Wildman–Crippen LogP) is 4.51. The van der Waals surface area contributed by atoms with Gasteiger partial charge in [0.25, 0.3) is 0 Å². The highest BCUT2D eigenvalue weighted by Gasteiger charge is 2.34. The van der Waals surface area contributed by atoms with Crippen molar-refractivity contribution in [1.29, 1.82) is 0 Å². The van der Waals surface area contributed by atoms with Gasteiger partial charge >= 0.3 is 0 Å². The van der Waals surface area contributed by atoms with E-state index in [1.807, 2.05) is 6.07 Å². The van der Waals surface area contributed by atoms with Crippen LogP contribution in [0.2, 0.25) is 0 Å². The third-order valence-electron chi connectivity index (χ3n) is 5.09. The summed E-state index contributed by atoms with van der Waals surface area (Å²) in [4.78, 5) is 12.2. The predicted molar refractivity (Wildman–Crippen MR) is 91.6 cm³/mol. The molecule has 0 saturated carbocycles. The number of rotatable bonds is 3. The third kappa shape index (κ3) is 2.29. The number of ether oxygens (including phenoxy) is 1. The van der Waals surface area contributed by atoms with Crippen molar-refractivity contribution in [2.24, 2.45) is 0 Å². The number of pyridine rings is 1. The second-order valence-corrected chi connectivity index (χ2v) is 6.26. The SMILES string of the molecule is CCC1(CC)CCc2cccc(-c3nc4cnccc4[nH]3)c2O1. The number of H-pyrrole nitrogens is 1. The first kappa shape index (κ1) is 14.2. The fraction of sp³-hybridized carbons (Fsp3) is 0.368. The molecule has 0 fully saturated rings. The Balaban J connectivity index is 1.84. The molecule has 1 N–H and O–H groups in total. The Kier molecular flexibility index (Phi) is 3.33. The molecule has 4 heteroatoms. The average Bonchev–Trinajstić information content (AvgIpc) is 3.04. The van der Waals surface area contributed by atoms with Crippen molar-refractivity contribution >= 4 is 11.0 Å². The second-order valence-electron chi connectivity index (χ2n) is 6.26. The number of aromatic amines is 1. The van der Waals surface area contributed by atoms with Crippen LogP contribution in [0.15, 0.2) is 36.7 Å². The van der Waals surface area contributed by atoms with Crippen molar-refractivity contribution in [2.45, 2.75) is 45.1 Å². The molecule has 3 aromatic rings. The summed E-state index contributed by atoms with van der Waals surface area (Å²) in [5.41, 5.74) is 4.16. The van der Waals surface area contributed by atoms with Gasteiger partial charge in [0.15, 0.2) is 0 Å². The fourth-order valence-electron chi connectivity index (χ4n) is 3.45. The first-order valence-electron chi connectivity index (χ1n) is 8.35. The maximum atomic E-state index is 6.52. The lowest BCUT2D eigenvalue weighted by atomic mass is 9.86. The Morgan fingerprint density at radius 2 is 2.09 bits per heavy atom. The van der Waals surface area contributed by atoms with E-state index in [1.54, 1.807) is 12.4 Å². The van der Waals surface area contributed by atoms with Gasteiger partial charge in [-0.1, -0.05) is 26.0 Å². The van der Waals surface area contributed by atoms with Crippen LogP contribution in [0.4, 0.5) is 0 Å². The number of hydrogen-bond acceptors (Lipinski definition) is 3. The van der Waals surface area contributed by atoms with Crippen molar-refractivity contribution in [3.05, 3.63) is 42.2 Å². The molecule has 1 aliphatic rings. The molecule has 0 unspecified atom stereocenters. The first-order chi connectivity index (χ1) is 11.2. The van der Waals surface area contributed by atoms with E-state index in [0.717, 1.165) is 53.9 Å². The van der Waals surface area contributed by atoms with Gasteiger partial charge in [-0.2, -0.15) is 0 Å². The van der Waals surface area contributed by atoms with E-state index in [0.29, 0.717) is 0 Å². The van der Waals surface area contributed by atoms with Crippen LogP contribution >= 0.6 is 0 Å². The van der Waals surface area contributed by atoms with Gasteiger partial charge in [0.2, 0.25) is 0 Å². The Morgan fingerprint density at radius 3 is 2.87 bits per heavy atom. The molecule has 2 aromatic heterocycles. The summed E-state index contributed by atoms with van der Waals surface area (Å²) in [7, 11) is 0. The number of benzene rings is 1. The number of aryl methyl sites for hydroxylation is 1. The molecular formula is C19H21N3O. The zero-order valence-electron chi connectivity index (χ0n) is 13.6. The minimum absolute atomic E-state index is 0.0450. The maximum Gasteiger partial charge on any atom is 0.142 e. The van der Waals surface area contributed by atoms with Gasteiger partial charge in [-0.25, -0.2) is 4.98 Å². The molecule has 0 spiro atoms. The van der Waals surface area contributed by atoms with E-state index in [2.05, 4.69) is 42.0 Å². The summed E-state index contributed by atoms with van der Waals surface area (Å²) >= 11 is 0. The molecule has 0 saturated heterocycles. The molecule has 23 heavy (non-hydrogen) atoms. The second kappa shape index (κ2) is 5.37. The van der Waals surface area contributed by atoms with E-state index in [9.17, 15) is 0 Å². The van der Waals surface area contributed by atoms with Gasteiger partial charge in [0.1, 0.15) is 22.7 Å². The van der Waals surface area contributed by atoms with Crippen LogP contribution < -0.4 is 4.74 Å². The number of fused-ring (bicyclic) bond motifs is 2. The molecule has 1 aliphatic heterocycles. The molecule has 4 rings (SSSR count). The Morgan fingerprint density at radius 1 is 1.22 bits per heavy atom. The molecule has 0 radical (unpaired) electrons. The van der Waals surface area contributed by atoms with Crippen LogP contribution in [0.1, 0.15) is 38.7 Å². The zero-order chi connectivity index (χ0) is 15.9. The number of nitrogens with zero attached hydrogens (tertiary/aromatic N) is 2. The van der Waals surface area contributed by atoms with Crippen molar-refractivity contribution in [1.82, 2.24) is 15.0 Å². The van der Waals surface area contributed by atoms with Gasteiger partial charge in [-0.3, -0.25) is 4.98 Å². The van der Waals surface area contributed by atoms with Crippen LogP contribution in [0.25, 0.3) is 22.4 Å². The monoisotopic (exact) mass is 307 g/mol. The fourth-order valence-corrected chi connectivity index (χ4v) is 3.45. The standard InChI is InChI=1S/C19H21N3O/c1-3-19(4-2)10-8-13-6-5-7-14(17(13)23-19)18-21-15-9-11-20-12-16(15)22-18/h5-7,9,11-12H,3-4,8,10H2,1-2H3,(H,21,22). The normalized spacial score (nSPS) is 16.1. The highest BCUT2D eigenvalue weighted by molar-refractivity contribution is 5.80. The molecule has 0 amide bonds. The van der Waals surface area contributed by atoms with Gasteiger partial charge in [-0.15, -0.1) is 0 Å². The molecule has 0 bridgehead atoms. The van der Waals surface area contributed by atoms with Crippen molar-refractivity contribution < 1.29 is 4.74 Å². The van der Waals surface area contributed by atoms with Crippen LogP contribution in [-0.4, -0.2) is 20.6 Å². The van der Waals surface area contributed by atoms with E-state index < -0.39 is 0 Å². The van der Waals surface area contributed by atoms with Crippen molar-refractivity contribution in [3.63, 3.8) is 0 Å². The van der Waals surface area contributed by atoms with E-state index >= 15 is 0 Å². The molecule has 0 atom stereocenters. The number of imidazole rings is 1. The lowest BCUT2D eigenvalue weighted by Gasteiger charge is -2.38. The highest BCUT2D eigenvalue weighted by atomic mass is 16.5. The lowest BCUT2D eigenvalue weighted by Crippen LogP contribution is -2.38. The summed E-state index contributed by atoms with van der Waals surface area (Å²) in [6.45, 7) is 4.42. The van der Waals surface area contributed by atoms with Gasteiger partial charge in [0.05, 0.1) is 17.3 Å². The van der Waals surface area contributed by atoms with Crippen molar-refractivity contribution in [3.8, 4) is 17.1 Å². The van der Waals surface area contributed by atoms with Crippen LogP contribution in [0.5, 0.6) is 5.75 Å². The molecule has 4 nitrogen and oxygen atoms in total. The van der Waals surface area contributed by atoms with E-state index in [1.165, 1.54) is 5.56 Å². The molecular weight excluding hydrogens is 286 g/mol. The van der Waals surface area contributed by atoms with Crippen LogP contribution in [0.3, 0.4) is 0 Å². The maximum absolute atomic E-state index is 6.52. The molecule has 1 aromatic carbocycles. The smallest absolute Gasteiger partial charge is 0.142 e. The van der Waals surface area contributed by atoms with Crippen LogP contribution in [-0.2, 0) is 6.42 Å². The Labute approximate surface area is 135 Å². The summed E-state index contributed by atoms with van der Waals surface area (Å²) < 4.78 is 6.52. The number of nitrogens with one attached hydrogen (secondary N) is 1. The summed E-state index contributed by atoms with van der Waals surface area (Å²) in [6.07, 6.45) is 7.77. The lowest BCUT2D eigenvalue weighted by molar-refractivity contribution is 0.0390. The highest BCUT2D eigenvalue weighted by Crippen LogP contribution is 2.42. The molecule has 118 valence electrons. The van der Waals surface area contributed by atoms with Crippen LogP contribution in [0, 0.1) is 0 Å². The first-order valence-corrected chi connectivity index (χ1v) is 8.35. The summed E-state index contributed by atoms with van der Waals surface area (Å²) in [5.74, 6) is 1.85. The third-order valence-corrected chi connectivity index (χ3v) is 5.09.